The molecule has 2 aromatic rings. The van der Waals surface area contributed by atoms with Gasteiger partial charge in [-0.3, -0.25) is 14.4 Å². The van der Waals surface area contributed by atoms with E-state index in [-0.39, 0.29) is 28.8 Å². The minimum atomic E-state index is -0.889. The van der Waals surface area contributed by atoms with Gasteiger partial charge in [-0.2, -0.15) is 0 Å². The zero-order valence-corrected chi connectivity index (χ0v) is 20.3. The fourth-order valence-electron chi connectivity index (χ4n) is 4.28. The van der Waals surface area contributed by atoms with Gasteiger partial charge < -0.3 is 24.8 Å². The quantitative estimate of drug-likeness (QED) is 0.676. The molecule has 3 amide bonds. The summed E-state index contributed by atoms with van der Waals surface area (Å²) < 4.78 is 5.21. The van der Waals surface area contributed by atoms with Gasteiger partial charge in [-0.25, -0.2) is 0 Å². The van der Waals surface area contributed by atoms with E-state index in [4.69, 9.17) is 27.9 Å². The number of anilines is 1. The third-order valence-corrected chi connectivity index (χ3v) is 6.74. The summed E-state index contributed by atoms with van der Waals surface area (Å²) >= 11 is 12.2. The second kappa shape index (κ2) is 10.5. The van der Waals surface area contributed by atoms with Gasteiger partial charge in [-0.15, -0.1) is 0 Å². The van der Waals surface area contributed by atoms with Gasteiger partial charge in [-0.1, -0.05) is 23.2 Å². The molecule has 0 radical (unpaired) electrons. The number of halogens is 2. The summed E-state index contributed by atoms with van der Waals surface area (Å²) in [5.74, 6) is -0.0905. The lowest BCUT2D eigenvalue weighted by molar-refractivity contribution is -0.138. The minimum Gasteiger partial charge on any atom is -0.497 e. The maximum absolute atomic E-state index is 13.2. The third kappa shape index (κ3) is 5.23. The van der Waals surface area contributed by atoms with E-state index in [1.54, 1.807) is 18.1 Å². The first-order valence-corrected chi connectivity index (χ1v) is 11.8. The number of ether oxygens (including phenoxy) is 1. The van der Waals surface area contributed by atoms with Crippen LogP contribution in [-0.4, -0.2) is 79.9 Å². The molecule has 34 heavy (non-hydrogen) atoms. The first-order chi connectivity index (χ1) is 16.4. The molecule has 0 saturated carbocycles. The monoisotopic (exact) mass is 504 g/mol. The summed E-state index contributed by atoms with van der Waals surface area (Å²) in [7, 11) is 1.63. The number of amides is 3. The van der Waals surface area contributed by atoms with Gasteiger partial charge in [0.1, 0.15) is 11.8 Å². The van der Waals surface area contributed by atoms with Crippen molar-refractivity contribution < 1.29 is 19.1 Å². The molecule has 1 N–H and O–H groups in total. The molecule has 2 fully saturated rings. The van der Waals surface area contributed by atoms with Gasteiger partial charge in [0.15, 0.2) is 0 Å². The van der Waals surface area contributed by atoms with Crippen LogP contribution in [0.5, 0.6) is 5.75 Å². The Bertz CT molecular complexity index is 1070. The second-order valence-corrected chi connectivity index (χ2v) is 9.04. The lowest BCUT2D eigenvalue weighted by Gasteiger charge is -2.39. The minimum absolute atomic E-state index is 0.0781. The summed E-state index contributed by atoms with van der Waals surface area (Å²) in [5.41, 5.74) is 1.32. The van der Waals surface area contributed by atoms with Crippen molar-refractivity contribution in [1.29, 1.82) is 0 Å². The largest absolute Gasteiger partial charge is 0.497 e. The highest BCUT2D eigenvalue weighted by atomic mass is 35.5. The highest BCUT2D eigenvalue weighted by molar-refractivity contribution is 6.36. The molecule has 180 valence electrons. The molecule has 1 unspecified atom stereocenters. The standard InChI is InChI=1S/C24H26Cl2N4O4/c1-34-18-5-3-17(4-6-18)28-10-12-29(13-11-28)22(31)15-21-23(32)27-8-9-30(21)24(33)19-7-2-16(25)14-20(19)26/h2-7,14,21H,8-13,15H2,1H3,(H,27,32). The molecule has 0 bridgehead atoms. The molecule has 0 aliphatic carbocycles. The van der Waals surface area contributed by atoms with Crippen molar-refractivity contribution in [2.75, 3.05) is 51.3 Å². The number of piperazine rings is 2. The van der Waals surface area contributed by atoms with Crippen LogP contribution in [0.2, 0.25) is 10.0 Å². The van der Waals surface area contributed by atoms with Gasteiger partial charge in [0, 0.05) is 50.0 Å². The lowest BCUT2D eigenvalue weighted by Crippen LogP contribution is -2.59. The van der Waals surface area contributed by atoms with Gasteiger partial charge in [0.25, 0.3) is 5.91 Å². The Morgan fingerprint density at radius 3 is 2.38 bits per heavy atom. The molecule has 10 heteroatoms. The van der Waals surface area contributed by atoms with Crippen molar-refractivity contribution in [2.24, 2.45) is 0 Å². The molecule has 2 aliphatic rings. The Morgan fingerprint density at radius 1 is 1.03 bits per heavy atom. The molecule has 2 saturated heterocycles. The number of nitrogens with one attached hydrogen (secondary N) is 1. The highest BCUT2D eigenvalue weighted by Gasteiger charge is 2.37. The van der Waals surface area contributed by atoms with E-state index in [9.17, 15) is 14.4 Å². The average molecular weight is 505 g/mol. The maximum atomic E-state index is 13.2. The van der Waals surface area contributed by atoms with Crippen LogP contribution in [0.25, 0.3) is 0 Å². The van der Waals surface area contributed by atoms with Crippen LogP contribution in [0.4, 0.5) is 5.69 Å². The molecule has 8 nitrogen and oxygen atoms in total. The molecule has 2 aliphatic heterocycles. The van der Waals surface area contributed by atoms with Crippen LogP contribution in [0, 0.1) is 0 Å². The van der Waals surface area contributed by atoms with Crippen molar-refractivity contribution in [3.63, 3.8) is 0 Å². The molecule has 1 atom stereocenters. The number of hydrogen-bond donors (Lipinski definition) is 1. The van der Waals surface area contributed by atoms with Crippen LogP contribution < -0.4 is 15.0 Å². The van der Waals surface area contributed by atoms with Gasteiger partial charge in [0.2, 0.25) is 11.8 Å². The predicted molar refractivity (Wildman–Crippen MR) is 131 cm³/mol. The zero-order valence-electron chi connectivity index (χ0n) is 18.8. The first kappa shape index (κ1) is 24.2. The summed E-state index contributed by atoms with van der Waals surface area (Å²) in [4.78, 5) is 44.3. The fraction of sp³-hybridized carbons (Fsp3) is 0.375. The van der Waals surface area contributed by atoms with Gasteiger partial charge in [-0.05, 0) is 42.5 Å². The van der Waals surface area contributed by atoms with Crippen molar-refractivity contribution in [1.82, 2.24) is 15.1 Å². The molecule has 2 heterocycles. The number of carbonyl (C=O) groups excluding carboxylic acids is 3. The molecule has 2 aromatic carbocycles. The molecular weight excluding hydrogens is 479 g/mol. The first-order valence-electron chi connectivity index (χ1n) is 11.1. The van der Waals surface area contributed by atoms with Crippen LogP contribution in [0.3, 0.4) is 0 Å². The van der Waals surface area contributed by atoms with E-state index in [1.807, 2.05) is 24.3 Å². The summed E-state index contributed by atoms with van der Waals surface area (Å²) in [6, 6.07) is 11.5. The Labute approximate surface area is 208 Å². The lowest BCUT2D eigenvalue weighted by atomic mass is 10.0. The average Bonchev–Trinajstić information content (AvgIpc) is 2.85. The predicted octanol–water partition coefficient (Wildman–Crippen LogP) is 2.68. The van der Waals surface area contributed by atoms with E-state index >= 15 is 0 Å². The molecule has 0 aromatic heterocycles. The van der Waals surface area contributed by atoms with Gasteiger partial charge in [0.05, 0.1) is 24.1 Å². The van der Waals surface area contributed by atoms with Crippen LogP contribution in [0.15, 0.2) is 42.5 Å². The van der Waals surface area contributed by atoms with Crippen molar-refractivity contribution >= 4 is 46.6 Å². The Hall–Kier alpha value is -2.97. The maximum Gasteiger partial charge on any atom is 0.256 e. The fourth-order valence-corrected chi connectivity index (χ4v) is 4.77. The third-order valence-electron chi connectivity index (χ3n) is 6.19. The Balaban J connectivity index is 1.40. The number of nitrogens with zero attached hydrogens (tertiary/aromatic N) is 3. The number of rotatable bonds is 5. The Morgan fingerprint density at radius 2 is 1.74 bits per heavy atom. The van der Waals surface area contributed by atoms with E-state index in [0.29, 0.717) is 44.3 Å². The van der Waals surface area contributed by atoms with E-state index in [2.05, 4.69) is 10.2 Å². The Kier molecular flexibility index (Phi) is 7.48. The van der Waals surface area contributed by atoms with Crippen molar-refractivity contribution in [2.45, 2.75) is 12.5 Å². The van der Waals surface area contributed by atoms with Crippen LogP contribution in [-0.2, 0) is 9.59 Å². The zero-order chi connectivity index (χ0) is 24.2. The van der Waals surface area contributed by atoms with Crippen molar-refractivity contribution in [3.8, 4) is 5.75 Å². The normalized spacial score (nSPS) is 18.5. The molecule has 4 rings (SSSR count). The highest BCUT2D eigenvalue weighted by Crippen LogP contribution is 2.25. The van der Waals surface area contributed by atoms with E-state index in [0.717, 1.165) is 11.4 Å². The topological polar surface area (TPSA) is 82.2 Å². The number of methoxy groups -OCH3 is 1. The summed E-state index contributed by atoms with van der Waals surface area (Å²) in [6.45, 7) is 3.05. The van der Waals surface area contributed by atoms with Crippen molar-refractivity contribution in [3.05, 3.63) is 58.1 Å². The number of hydrogen-bond acceptors (Lipinski definition) is 5. The van der Waals surface area contributed by atoms with E-state index < -0.39 is 11.9 Å². The molecule has 0 spiro atoms. The second-order valence-electron chi connectivity index (χ2n) is 8.20. The number of carbonyl (C=O) groups is 3. The summed E-state index contributed by atoms with van der Waals surface area (Å²) in [5, 5.41) is 3.39. The molecular formula is C24H26Cl2N4O4. The smallest absolute Gasteiger partial charge is 0.256 e. The number of benzene rings is 2. The van der Waals surface area contributed by atoms with Gasteiger partial charge >= 0.3 is 0 Å². The van der Waals surface area contributed by atoms with Crippen LogP contribution >= 0.6 is 23.2 Å². The van der Waals surface area contributed by atoms with E-state index in [1.165, 1.54) is 17.0 Å². The summed E-state index contributed by atoms with van der Waals surface area (Å²) in [6.07, 6.45) is -0.0781. The SMILES string of the molecule is COc1ccc(N2CCN(C(=O)CC3C(=O)NCCN3C(=O)c3ccc(Cl)cc3Cl)CC2)cc1. The van der Waals surface area contributed by atoms with Crippen LogP contribution in [0.1, 0.15) is 16.8 Å².